The monoisotopic (exact) mass is 499 g/mol. The summed E-state index contributed by atoms with van der Waals surface area (Å²) in [5.41, 5.74) is 0.708. The molecule has 0 bridgehead atoms. The van der Waals surface area contributed by atoms with Crippen molar-refractivity contribution < 1.29 is 37.1 Å². The molecule has 3 heterocycles. The van der Waals surface area contributed by atoms with E-state index in [4.69, 9.17) is 9.90 Å². The van der Waals surface area contributed by atoms with E-state index in [1.165, 1.54) is 25.0 Å². The minimum Gasteiger partial charge on any atom is -0.475 e. The number of alkyl halides is 3. The minimum atomic E-state index is -5.08. The van der Waals surface area contributed by atoms with E-state index < -0.39 is 12.1 Å². The number of fused-ring (bicyclic) bond motifs is 2. The molecule has 0 radical (unpaired) electrons. The number of piperidine rings is 1. The average Bonchev–Trinajstić information content (AvgIpc) is 3.44. The van der Waals surface area contributed by atoms with Gasteiger partial charge in [-0.2, -0.15) is 13.2 Å². The largest absolute Gasteiger partial charge is 0.490 e. The van der Waals surface area contributed by atoms with Gasteiger partial charge in [-0.3, -0.25) is 9.59 Å². The lowest BCUT2D eigenvalue weighted by atomic mass is 9.75. The van der Waals surface area contributed by atoms with Crippen LogP contribution in [-0.4, -0.2) is 77.1 Å². The minimum absolute atomic E-state index is 0.0871. The van der Waals surface area contributed by atoms with E-state index in [0.29, 0.717) is 25.4 Å². The summed E-state index contributed by atoms with van der Waals surface area (Å²) in [4.78, 5) is 38.6. The van der Waals surface area contributed by atoms with Crippen LogP contribution in [0.3, 0.4) is 0 Å². The number of carboxylic acid groups (broad SMARTS) is 1. The number of carbonyl (C=O) groups is 3. The first-order valence-electron chi connectivity index (χ1n) is 11.8. The Hall–Kier alpha value is -2.69. The van der Waals surface area contributed by atoms with Crippen molar-refractivity contribution in [2.24, 2.45) is 17.8 Å². The van der Waals surface area contributed by atoms with E-state index in [1.807, 2.05) is 4.90 Å². The fourth-order valence-corrected chi connectivity index (χ4v) is 5.50. The van der Waals surface area contributed by atoms with Crippen LogP contribution in [0.5, 0.6) is 0 Å². The molecule has 35 heavy (non-hydrogen) atoms. The van der Waals surface area contributed by atoms with Gasteiger partial charge in [-0.1, -0.05) is 12.1 Å². The van der Waals surface area contributed by atoms with Crippen LogP contribution in [0.25, 0.3) is 0 Å². The Bertz CT molecular complexity index is 957. The van der Waals surface area contributed by atoms with Gasteiger partial charge in [0.25, 0.3) is 0 Å². The number of likely N-dealkylation sites (tertiary alicyclic amines) is 2. The van der Waals surface area contributed by atoms with Crippen molar-refractivity contribution in [1.29, 1.82) is 0 Å². The van der Waals surface area contributed by atoms with Crippen LogP contribution in [0, 0.1) is 23.6 Å². The van der Waals surface area contributed by atoms with Crippen LogP contribution >= 0.6 is 0 Å². The molecule has 1 saturated carbocycles. The Morgan fingerprint density at radius 1 is 1.09 bits per heavy atom. The summed E-state index contributed by atoms with van der Waals surface area (Å²) < 4.78 is 44.8. The van der Waals surface area contributed by atoms with Crippen molar-refractivity contribution in [2.45, 2.75) is 43.8 Å². The Kier molecular flexibility index (Phi) is 7.08. The number of benzene rings is 1. The number of carboxylic acids is 1. The number of carbonyl (C=O) groups excluding carboxylic acids is 2. The Morgan fingerprint density at radius 2 is 1.69 bits per heavy atom. The molecule has 2 amide bonds. The van der Waals surface area contributed by atoms with Crippen molar-refractivity contribution in [3.63, 3.8) is 0 Å². The maximum atomic E-state index is 13.1. The highest BCUT2D eigenvalue weighted by Crippen LogP contribution is 2.45. The van der Waals surface area contributed by atoms with Crippen molar-refractivity contribution >= 4 is 17.8 Å². The maximum absolute atomic E-state index is 13.1. The van der Waals surface area contributed by atoms with E-state index in [0.717, 1.165) is 44.0 Å². The fourth-order valence-electron chi connectivity index (χ4n) is 5.50. The fraction of sp³-hybridized carbons (Fsp3) is 0.625. The van der Waals surface area contributed by atoms with Gasteiger partial charge in [0.05, 0.1) is 12.3 Å². The lowest BCUT2D eigenvalue weighted by Gasteiger charge is -2.43. The number of hydrogen-bond acceptors (Lipinski definition) is 4. The predicted molar refractivity (Wildman–Crippen MR) is 117 cm³/mol. The second-order valence-electron chi connectivity index (χ2n) is 10.0. The van der Waals surface area contributed by atoms with Gasteiger partial charge >= 0.3 is 12.1 Å². The molecular weight excluding hydrogens is 470 g/mol. The molecule has 2 atom stereocenters. The molecule has 192 valence electrons. The van der Waals surface area contributed by atoms with Gasteiger partial charge in [0.2, 0.25) is 11.8 Å². The quantitative estimate of drug-likeness (QED) is 0.622. The standard InChI is InChI=1S/C22H28FN3O2.C2HF3O2/c23-17-5-3-15(4-6-17)11-20(27)26-9-7-22(8-10-26)19-14-25(12-16-1-2-16)13-18(19)21(28)24-22;3-2(4,5)1(6)7/h3-6,16,18-19H,1-2,7-14H2,(H,24,28);(H,6,7)/t18-,19+;/m1./s1. The van der Waals surface area contributed by atoms with Gasteiger partial charge in [-0.05, 0) is 49.3 Å². The molecule has 0 aromatic heterocycles. The molecule has 1 aromatic rings. The van der Waals surface area contributed by atoms with Crippen LogP contribution in [0.2, 0.25) is 0 Å². The van der Waals surface area contributed by atoms with Crippen molar-refractivity contribution in [1.82, 2.24) is 15.1 Å². The van der Waals surface area contributed by atoms with E-state index in [2.05, 4.69) is 10.2 Å². The van der Waals surface area contributed by atoms with Crippen LogP contribution in [0.4, 0.5) is 17.6 Å². The van der Waals surface area contributed by atoms with Gasteiger partial charge in [0, 0.05) is 44.2 Å². The summed E-state index contributed by atoms with van der Waals surface area (Å²) in [6.45, 7) is 4.45. The zero-order valence-corrected chi connectivity index (χ0v) is 19.2. The number of halogens is 4. The second kappa shape index (κ2) is 9.75. The van der Waals surface area contributed by atoms with Gasteiger partial charge in [-0.15, -0.1) is 0 Å². The lowest BCUT2D eigenvalue weighted by molar-refractivity contribution is -0.192. The van der Waals surface area contributed by atoms with Crippen LogP contribution < -0.4 is 5.32 Å². The normalized spacial score (nSPS) is 25.6. The highest BCUT2D eigenvalue weighted by molar-refractivity contribution is 5.84. The predicted octanol–water partition coefficient (Wildman–Crippen LogP) is 2.45. The Labute approximate surface area is 200 Å². The number of amides is 2. The summed E-state index contributed by atoms with van der Waals surface area (Å²) in [5.74, 6) is -1.38. The van der Waals surface area contributed by atoms with Gasteiger partial charge in [-0.25, -0.2) is 9.18 Å². The molecule has 1 aromatic carbocycles. The first-order chi connectivity index (χ1) is 16.5. The topological polar surface area (TPSA) is 89.9 Å². The average molecular weight is 500 g/mol. The molecule has 0 unspecified atom stereocenters. The second-order valence-corrected chi connectivity index (χ2v) is 10.0. The third-order valence-electron chi connectivity index (χ3n) is 7.55. The summed E-state index contributed by atoms with van der Waals surface area (Å²) in [5, 5.41) is 10.5. The van der Waals surface area contributed by atoms with Crippen LogP contribution in [0.1, 0.15) is 31.2 Å². The molecule has 11 heteroatoms. The first-order valence-corrected chi connectivity index (χ1v) is 11.8. The van der Waals surface area contributed by atoms with Crippen LogP contribution in [0.15, 0.2) is 24.3 Å². The van der Waals surface area contributed by atoms with Crippen molar-refractivity contribution in [3.8, 4) is 0 Å². The molecule has 3 aliphatic heterocycles. The third kappa shape index (κ3) is 5.94. The number of hydrogen-bond donors (Lipinski definition) is 2. The Balaban J connectivity index is 0.000000364. The van der Waals surface area contributed by atoms with Crippen molar-refractivity contribution in [2.75, 3.05) is 32.7 Å². The molecule has 5 rings (SSSR count). The number of aliphatic carboxylic acids is 1. The summed E-state index contributed by atoms with van der Waals surface area (Å²) in [7, 11) is 0. The molecule has 4 fully saturated rings. The highest BCUT2D eigenvalue weighted by atomic mass is 19.4. The summed E-state index contributed by atoms with van der Waals surface area (Å²) in [6.07, 6.45) is -0.415. The number of rotatable bonds is 4. The van der Waals surface area contributed by atoms with E-state index in [9.17, 15) is 27.2 Å². The lowest BCUT2D eigenvalue weighted by Crippen LogP contribution is -2.56. The summed E-state index contributed by atoms with van der Waals surface area (Å²) >= 11 is 0. The molecular formula is C24H29F4N3O4. The third-order valence-corrected chi connectivity index (χ3v) is 7.55. The number of nitrogens with one attached hydrogen (secondary N) is 1. The molecule has 1 aliphatic carbocycles. The molecule has 7 nitrogen and oxygen atoms in total. The first kappa shape index (κ1) is 25.4. The molecule has 3 saturated heterocycles. The molecule has 4 aliphatic rings. The SMILES string of the molecule is O=C(O)C(F)(F)F.O=C1NC2(CCN(C(=O)Cc3ccc(F)cc3)CC2)[C@H]2CN(CC3CC3)C[C@@H]12. The van der Waals surface area contributed by atoms with Gasteiger partial charge in [0.1, 0.15) is 5.82 Å². The maximum Gasteiger partial charge on any atom is 0.490 e. The highest BCUT2D eigenvalue weighted by Gasteiger charge is 2.57. The van der Waals surface area contributed by atoms with E-state index in [-0.39, 0.29) is 29.1 Å². The van der Waals surface area contributed by atoms with E-state index >= 15 is 0 Å². The van der Waals surface area contributed by atoms with Crippen molar-refractivity contribution in [3.05, 3.63) is 35.6 Å². The Morgan fingerprint density at radius 3 is 2.23 bits per heavy atom. The van der Waals surface area contributed by atoms with E-state index in [1.54, 1.807) is 12.1 Å². The van der Waals surface area contributed by atoms with Crippen LogP contribution in [-0.2, 0) is 20.8 Å². The molecule has 1 spiro atoms. The zero-order chi connectivity index (χ0) is 25.4. The summed E-state index contributed by atoms with van der Waals surface area (Å²) in [6, 6.07) is 6.14. The van der Waals surface area contributed by atoms with Gasteiger partial charge in [0.15, 0.2) is 0 Å². The number of nitrogens with zero attached hydrogens (tertiary/aromatic N) is 2. The van der Waals surface area contributed by atoms with Gasteiger partial charge < -0.3 is 20.2 Å². The molecule has 2 N–H and O–H groups in total. The zero-order valence-electron chi connectivity index (χ0n) is 19.2. The smallest absolute Gasteiger partial charge is 0.475 e.